The largest absolute Gasteiger partial charge is 0.490 e. The van der Waals surface area contributed by atoms with Crippen molar-refractivity contribution in [3.05, 3.63) is 29.8 Å². The zero-order chi connectivity index (χ0) is 16.4. The van der Waals surface area contributed by atoms with Gasteiger partial charge in [-0.3, -0.25) is 4.79 Å². The van der Waals surface area contributed by atoms with Crippen LogP contribution in [0.4, 0.5) is 0 Å². The molecular formula is C17H23NO4S. The summed E-state index contributed by atoms with van der Waals surface area (Å²) in [5.41, 5.74) is 0.565. The molecule has 6 heteroatoms. The number of ether oxygens (including phenoxy) is 1. The van der Waals surface area contributed by atoms with Crippen molar-refractivity contribution in [2.75, 3.05) is 18.6 Å². The van der Waals surface area contributed by atoms with Crippen LogP contribution in [0.3, 0.4) is 0 Å². The molecule has 1 heterocycles. The third kappa shape index (κ3) is 3.86. The number of benzene rings is 1. The second kappa shape index (κ2) is 6.51. The molecule has 1 aromatic rings. The molecular weight excluding hydrogens is 314 g/mol. The summed E-state index contributed by atoms with van der Waals surface area (Å²) in [4.78, 5) is 14.0. The van der Waals surface area contributed by atoms with Crippen molar-refractivity contribution in [3.63, 3.8) is 0 Å². The van der Waals surface area contributed by atoms with Gasteiger partial charge in [0, 0.05) is 18.7 Å². The molecule has 1 unspecified atom stereocenters. The minimum atomic E-state index is -2.99. The maximum absolute atomic E-state index is 12.5. The van der Waals surface area contributed by atoms with Gasteiger partial charge in [0.1, 0.15) is 5.75 Å². The maximum atomic E-state index is 12.5. The zero-order valence-electron chi connectivity index (χ0n) is 13.4. The molecule has 1 aliphatic carbocycles. The van der Waals surface area contributed by atoms with E-state index in [4.69, 9.17) is 4.74 Å². The van der Waals surface area contributed by atoms with Crippen LogP contribution in [0.25, 0.3) is 0 Å². The van der Waals surface area contributed by atoms with E-state index in [0.717, 1.165) is 18.6 Å². The van der Waals surface area contributed by atoms with Gasteiger partial charge in [0.15, 0.2) is 9.84 Å². The first-order chi connectivity index (χ1) is 10.9. The second-order valence-corrected chi connectivity index (χ2v) is 8.75. The quantitative estimate of drug-likeness (QED) is 0.845. The number of carbonyl (C=O) groups is 1. The number of nitrogens with zero attached hydrogens (tertiary/aromatic N) is 1. The standard InChI is InChI=1S/C17H23NO4S/c1-18(14-10-11-23(20,21)12-14)17(19)13-6-8-16(9-7-13)22-15-4-2-3-5-15/h6-9,14-15H,2-5,10-12H2,1H3. The van der Waals surface area contributed by atoms with Crippen LogP contribution in [0, 0.1) is 0 Å². The van der Waals surface area contributed by atoms with Crippen molar-refractivity contribution < 1.29 is 17.9 Å². The molecule has 5 nitrogen and oxygen atoms in total. The lowest BCUT2D eigenvalue weighted by molar-refractivity contribution is 0.0747. The Morgan fingerprint density at radius 3 is 2.35 bits per heavy atom. The summed E-state index contributed by atoms with van der Waals surface area (Å²) in [7, 11) is -1.31. The third-order valence-corrected chi connectivity index (χ3v) is 6.53. The zero-order valence-corrected chi connectivity index (χ0v) is 14.2. The van der Waals surface area contributed by atoms with Crippen LogP contribution in [-0.4, -0.2) is 49.9 Å². The van der Waals surface area contributed by atoms with Gasteiger partial charge in [-0.2, -0.15) is 0 Å². The molecule has 1 saturated heterocycles. The first kappa shape index (κ1) is 16.3. The predicted molar refractivity (Wildman–Crippen MR) is 88.5 cm³/mol. The Morgan fingerprint density at radius 2 is 1.78 bits per heavy atom. The van der Waals surface area contributed by atoms with Gasteiger partial charge in [-0.05, 0) is 56.4 Å². The number of hydrogen-bond acceptors (Lipinski definition) is 4. The summed E-state index contributed by atoms with van der Waals surface area (Å²) in [6, 6.07) is 6.94. The fraction of sp³-hybridized carbons (Fsp3) is 0.588. The van der Waals surface area contributed by atoms with E-state index in [2.05, 4.69) is 0 Å². The average Bonchev–Trinajstić information content (AvgIpc) is 3.16. The summed E-state index contributed by atoms with van der Waals surface area (Å²) >= 11 is 0. The molecule has 23 heavy (non-hydrogen) atoms. The van der Waals surface area contributed by atoms with Crippen molar-refractivity contribution >= 4 is 15.7 Å². The Morgan fingerprint density at radius 1 is 1.13 bits per heavy atom. The Bertz CT molecular complexity index is 662. The van der Waals surface area contributed by atoms with E-state index < -0.39 is 9.84 Å². The minimum absolute atomic E-state index is 0.0676. The highest BCUT2D eigenvalue weighted by Crippen LogP contribution is 2.25. The molecule has 0 N–H and O–H groups in total. The molecule has 1 saturated carbocycles. The smallest absolute Gasteiger partial charge is 0.253 e. The van der Waals surface area contributed by atoms with Crippen molar-refractivity contribution in [1.29, 1.82) is 0 Å². The SMILES string of the molecule is CN(C(=O)c1ccc(OC2CCCC2)cc1)C1CCS(=O)(=O)C1. The lowest BCUT2D eigenvalue weighted by Gasteiger charge is -2.23. The number of rotatable bonds is 4. The molecule has 0 radical (unpaired) electrons. The van der Waals surface area contributed by atoms with E-state index >= 15 is 0 Å². The van der Waals surface area contributed by atoms with E-state index in [1.165, 1.54) is 12.8 Å². The third-order valence-electron chi connectivity index (χ3n) is 4.78. The average molecular weight is 337 g/mol. The van der Waals surface area contributed by atoms with Crippen LogP contribution in [0.1, 0.15) is 42.5 Å². The van der Waals surface area contributed by atoms with E-state index in [0.29, 0.717) is 18.1 Å². The number of sulfone groups is 1. The van der Waals surface area contributed by atoms with Crippen molar-refractivity contribution in [2.45, 2.75) is 44.2 Å². The van der Waals surface area contributed by atoms with E-state index in [9.17, 15) is 13.2 Å². The van der Waals surface area contributed by atoms with Gasteiger partial charge in [0.2, 0.25) is 0 Å². The Kier molecular flexibility index (Phi) is 4.62. The normalized spacial score (nSPS) is 23.8. The van der Waals surface area contributed by atoms with Gasteiger partial charge in [0.25, 0.3) is 5.91 Å². The maximum Gasteiger partial charge on any atom is 0.253 e. The molecule has 0 aromatic heterocycles. The van der Waals surface area contributed by atoms with Crippen LogP contribution < -0.4 is 4.74 Å². The highest BCUT2D eigenvalue weighted by Gasteiger charge is 2.33. The first-order valence-electron chi connectivity index (χ1n) is 8.19. The molecule has 1 aliphatic heterocycles. The fourth-order valence-corrected chi connectivity index (χ4v) is 5.10. The van der Waals surface area contributed by atoms with Crippen molar-refractivity contribution in [3.8, 4) is 5.75 Å². The fourth-order valence-electron chi connectivity index (χ4n) is 3.33. The summed E-state index contributed by atoms with van der Waals surface area (Å²) < 4.78 is 29.0. The van der Waals surface area contributed by atoms with Gasteiger partial charge in [-0.1, -0.05) is 0 Å². The Hall–Kier alpha value is -1.56. The monoisotopic (exact) mass is 337 g/mol. The molecule has 2 fully saturated rings. The van der Waals surface area contributed by atoms with Crippen LogP contribution in [0.2, 0.25) is 0 Å². The Labute approximate surface area is 137 Å². The highest BCUT2D eigenvalue weighted by molar-refractivity contribution is 7.91. The molecule has 1 aromatic carbocycles. The minimum Gasteiger partial charge on any atom is -0.490 e. The molecule has 1 amide bonds. The second-order valence-electron chi connectivity index (χ2n) is 6.52. The van der Waals surface area contributed by atoms with Gasteiger partial charge < -0.3 is 9.64 Å². The summed E-state index contributed by atoms with van der Waals surface area (Å²) in [5.74, 6) is 0.890. The molecule has 0 spiro atoms. The van der Waals surface area contributed by atoms with Gasteiger partial charge in [-0.25, -0.2) is 8.42 Å². The first-order valence-corrected chi connectivity index (χ1v) is 10.0. The van der Waals surface area contributed by atoms with E-state index in [1.54, 1.807) is 24.1 Å². The predicted octanol–water partition coefficient (Wildman–Crippen LogP) is 2.27. The van der Waals surface area contributed by atoms with Gasteiger partial charge in [-0.15, -0.1) is 0 Å². The highest BCUT2D eigenvalue weighted by atomic mass is 32.2. The van der Waals surface area contributed by atoms with E-state index in [-0.39, 0.29) is 23.5 Å². The molecule has 2 aliphatic rings. The topological polar surface area (TPSA) is 63.7 Å². The lowest BCUT2D eigenvalue weighted by atomic mass is 10.1. The number of amides is 1. The molecule has 0 bridgehead atoms. The van der Waals surface area contributed by atoms with Crippen molar-refractivity contribution in [1.82, 2.24) is 4.90 Å². The summed E-state index contributed by atoms with van der Waals surface area (Å²) in [6.07, 6.45) is 5.45. The van der Waals surface area contributed by atoms with Crippen LogP contribution in [-0.2, 0) is 9.84 Å². The summed E-state index contributed by atoms with van der Waals surface area (Å²) in [5, 5.41) is 0. The van der Waals surface area contributed by atoms with Gasteiger partial charge >= 0.3 is 0 Å². The Balaban J connectivity index is 1.63. The number of hydrogen-bond donors (Lipinski definition) is 0. The van der Waals surface area contributed by atoms with Crippen LogP contribution in [0.5, 0.6) is 5.75 Å². The lowest BCUT2D eigenvalue weighted by Crippen LogP contribution is -2.37. The van der Waals surface area contributed by atoms with Crippen LogP contribution >= 0.6 is 0 Å². The summed E-state index contributed by atoms with van der Waals surface area (Å²) in [6.45, 7) is 0. The van der Waals surface area contributed by atoms with Gasteiger partial charge in [0.05, 0.1) is 17.6 Å². The van der Waals surface area contributed by atoms with Crippen molar-refractivity contribution in [2.24, 2.45) is 0 Å². The molecule has 3 rings (SSSR count). The molecule has 126 valence electrons. The van der Waals surface area contributed by atoms with E-state index in [1.807, 2.05) is 12.1 Å². The molecule has 1 atom stereocenters. The number of carbonyl (C=O) groups excluding carboxylic acids is 1. The van der Waals surface area contributed by atoms with Crippen LogP contribution in [0.15, 0.2) is 24.3 Å².